The van der Waals surface area contributed by atoms with Gasteiger partial charge in [-0.3, -0.25) is 4.79 Å². The molecule has 3 fully saturated rings. The van der Waals surface area contributed by atoms with Gasteiger partial charge in [-0.15, -0.1) is 6.58 Å². The molecule has 0 saturated heterocycles. The minimum Gasteiger partial charge on any atom is -0.486 e. The van der Waals surface area contributed by atoms with E-state index in [2.05, 4.69) is 19.2 Å². The summed E-state index contributed by atoms with van der Waals surface area (Å²) < 4.78 is 24.9. The Morgan fingerprint density at radius 2 is 1.59 bits per heavy atom. The molecule has 3 nitrogen and oxygen atoms in total. The van der Waals surface area contributed by atoms with Gasteiger partial charge in [-0.1, -0.05) is 25.2 Å². The first kappa shape index (κ1) is 25.0. The molecular formula is C30H41FO3. The molecule has 4 atom stereocenters. The zero-order valence-corrected chi connectivity index (χ0v) is 20.6. The monoisotopic (exact) mass is 468 g/mol. The normalized spacial score (nSPS) is 31.2. The second kappa shape index (κ2) is 12.0. The minimum atomic E-state index is -0.527. The number of carbonyl (C=O) groups is 1. The Morgan fingerprint density at radius 1 is 0.912 bits per heavy atom. The zero-order valence-electron chi connectivity index (χ0n) is 20.6. The van der Waals surface area contributed by atoms with Crippen LogP contribution in [0.15, 0.2) is 43.5 Å². The molecule has 1 aromatic rings. The maximum Gasteiger partial charge on any atom is 0.314 e. The number of allylic oxidation sites excluding steroid dienone is 1. The van der Waals surface area contributed by atoms with Crippen molar-refractivity contribution in [3.8, 4) is 11.5 Å². The fraction of sp³-hybridized carbons (Fsp3) is 0.633. The van der Waals surface area contributed by atoms with Gasteiger partial charge < -0.3 is 9.47 Å². The summed E-state index contributed by atoms with van der Waals surface area (Å²) >= 11 is 0. The molecule has 0 bridgehead atoms. The molecule has 0 amide bonds. The van der Waals surface area contributed by atoms with Crippen molar-refractivity contribution < 1.29 is 18.7 Å². The van der Waals surface area contributed by atoms with Gasteiger partial charge in [0, 0.05) is 6.07 Å². The Bertz CT molecular complexity index is 841. The van der Waals surface area contributed by atoms with E-state index < -0.39 is 5.82 Å². The van der Waals surface area contributed by atoms with Gasteiger partial charge in [-0.25, -0.2) is 4.39 Å². The molecule has 3 aliphatic carbocycles. The lowest BCUT2D eigenvalue weighted by molar-refractivity contribution is -0.140. The van der Waals surface area contributed by atoms with E-state index in [1.807, 2.05) is 0 Å². The number of halogens is 1. The number of fused-ring (bicyclic) bond motifs is 1. The second-order valence-electron chi connectivity index (χ2n) is 10.9. The van der Waals surface area contributed by atoms with Crippen LogP contribution in [-0.4, -0.2) is 12.6 Å². The molecule has 0 spiro atoms. The third-order valence-corrected chi connectivity index (χ3v) is 8.79. The quantitative estimate of drug-likeness (QED) is 0.210. The number of esters is 1. The smallest absolute Gasteiger partial charge is 0.314 e. The predicted octanol–water partition coefficient (Wildman–Crippen LogP) is 7.90. The molecule has 34 heavy (non-hydrogen) atoms. The standard InChI is InChI=1S/C30H41FO3/c1-3-5-6-21-7-8-26-19-25(14-13-24(26)18-21)22-9-11-23(12-10-22)30(32)34-27-15-16-29(28(31)20-27)33-17-4-2/h3-4,15-16,20-26H,1-2,5-14,17-19H2. The van der Waals surface area contributed by atoms with E-state index in [1.54, 1.807) is 12.1 Å². The summed E-state index contributed by atoms with van der Waals surface area (Å²) in [6.45, 7) is 7.68. The zero-order chi connectivity index (χ0) is 23.9. The van der Waals surface area contributed by atoms with Crippen molar-refractivity contribution in [3.05, 3.63) is 49.3 Å². The average Bonchev–Trinajstić information content (AvgIpc) is 2.86. The number of benzene rings is 1. The molecule has 1 aromatic carbocycles. The summed E-state index contributed by atoms with van der Waals surface area (Å²) in [7, 11) is 0. The van der Waals surface area contributed by atoms with Crippen LogP contribution in [0, 0.1) is 41.3 Å². The first-order valence-corrected chi connectivity index (χ1v) is 13.4. The van der Waals surface area contributed by atoms with Crippen LogP contribution in [0.4, 0.5) is 4.39 Å². The minimum absolute atomic E-state index is 0.0763. The van der Waals surface area contributed by atoms with Crippen LogP contribution in [0.2, 0.25) is 0 Å². The van der Waals surface area contributed by atoms with E-state index in [0.717, 1.165) is 55.3 Å². The lowest BCUT2D eigenvalue weighted by Crippen LogP contribution is -2.35. The molecule has 0 aromatic heterocycles. The molecule has 0 radical (unpaired) electrons. The summed E-state index contributed by atoms with van der Waals surface area (Å²) in [5.41, 5.74) is 0. The van der Waals surface area contributed by atoms with E-state index in [1.165, 1.54) is 63.5 Å². The summed E-state index contributed by atoms with van der Waals surface area (Å²) in [6.07, 6.45) is 18.6. The van der Waals surface area contributed by atoms with Crippen molar-refractivity contribution in [3.63, 3.8) is 0 Å². The molecule has 4 heteroatoms. The molecule has 0 heterocycles. The van der Waals surface area contributed by atoms with E-state index in [9.17, 15) is 9.18 Å². The largest absolute Gasteiger partial charge is 0.486 e. The average molecular weight is 469 g/mol. The summed E-state index contributed by atoms with van der Waals surface area (Å²) in [4.78, 5) is 12.7. The number of carbonyl (C=O) groups excluding carboxylic acids is 1. The maximum absolute atomic E-state index is 14.2. The van der Waals surface area contributed by atoms with Crippen molar-refractivity contribution in [2.24, 2.45) is 35.5 Å². The Hall–Kier alpha value is -2.10. The van der Waals surface area contributed by atoms with Crippen LogP contribution in [0.25, 0.3) is 0 Å². The molecule has 0 aliphatic heterocycles. The van der Waals surface area contributed by atoms with Gasteiger partial charge in [0.2, 0.25) is 0 Å². The molecule has 0 N–H and O–H groups in total. The predicted molar refractivity (Wildman–Crippen MR) is 134 cm³/mol. The maximum atomic E-state index is 14.2. The number of hydrogen-bond donors (Lipinski definition) is 0. The fourth-order valence-corrected chi connectivity index (χ4v) is 6.90. The van der Waals surface area contributed by atoms with E-state index in [4.69, 9.17) is 9.47 Å². The van der Waals surface area contributed by atoms with Crippen LogP contribution in [0.5, 0.6) is 11.5 Å². The molecule has 4 rings (SSSR count). The summed E-state index contributed by atoms with van der Waals surface area (Å²) in [5, 5.41) is 0. The van der Waals surface area contributed by atoms with Crippen LogP contribution >= 0.6 is 0 Å². The third-order valence-electron chi connectivity index (χ3n) is 8.79. The van der Waals surface area contributed by atoms with Crippen LogP contribution in [0.1, 0.15) is 77.0 Å². The van der Waals surface area contributed by atoms with Gasteiger partial charge in [-0.05, 0) is 112 Å². The first-order valence-electron chi connectivity index (χ1n) is 13.4. The van der Waals surface area contributed by atoms with Crippen molar-refractivity contribution >= 4 is 5.97 Å². The van der Waals surface area contributed by atoms with E-state index in [-0.39, 0.29) is 30.0 Å². The van der Waals surface area contributed by atoms with Gasteiger partial charge in [0.1, 0.15) is 12.4 Å². The van der Waals surface area contributed by atoms with Gasteiger partial charge >= 0.3 is 5.97 Å². The highest BCUT2D eigenvalue weighted by atomic mass is 19.1. The number of rotatable bonds is 9. The highest BCUT2D eigenvalue weighted by molar-refractivity contribution is 5.75. The molecular weight excluding hydrogens is 427 g/mol. The second-order valence-corrected chi connectivity index (χ2v) is 10.9. The molecule has 186 valence electrons. The summed E-state index contributed by atoms with van der Waals surface area (Å²) in [5.74, 6) is 3.93. The molecule has 3 saturated carbocycles. The molecule has 4 unspecified atom stereocenters. The number of ether oxygens (including phenoxy) is 2. The van der Waals surface area contributed by atoms with Crippen LogP contribution in [-0.2, 0) is 4.79 Å². The Morgan fingerprint density at radius 3 is 2.29 bits per heavy atom. The first-order chi connectivity index (χ1) is 16.6. The van der Waals surface area contributed by atoms with E-state index in [0.29, 0.717) is 0 Å². The molecule has 3 aliphatic rings. The van der Waals surface area contributed by atoms with Gasteiger partial charge in [0.15, 0.2) is 11.6 Å². The fourth-order valence-electron chi connectivity index (χ4n) is 6.90. The van der Waals surface area contributed by atoms with E-state index >= 15 is 0 Å². The van der Waals surface area contributed by atoms with Crippen molar-refractivity contribution in [2.45, 2.75) is 77.0 Å². The van der Waals surface area contributed by atoms with Crippen molar-refractivity contribution in [2.75, 3.05) is 6.61 Å². The lowest BCUT2D eigenvalue weighted by Gasteiger charge is -2.45. The summed E-state index contributed by atoms with van der Waals surface area (Å²) in [6, 6.07) is 4.32. The lowest BCUT2D eigenvalue weighted by atomic mass is 9.60. The van der Waals surface area contributed by atoms with Gasteiger partial charge in [-0.2, -0.15) is 0 Å². The van der Waals surface area contributed by atoms with Crippen molar-refractivity contribution in [1.29, 1.82) is 0 Å². The van der Waals surface area contributed by atoms with Gasteiger partial charge in [0.25, 0.3) is 0 Å². The Labute approximate surface area is 204 Å². The van der Waals surface area contributed by atoms with Crippen molar-refractivity contribution in [1.82, 2.24) is 0 Å². The number of hydrogen-bond acceptors (Lipinski definition) is 3. The SMILES string of the molecule is C=CCCC1CCC2CC(C3CCC(C(=O)Oc4ccc(OCC=C)c(F)c4)CC3)CCC2C1. The Balaban J connectivity index is 1.21. The highest BCUT2D eigenvalue weighted by Crippen LogP contribution is 2.49. The van der Waals surface area contributed by atoms with Gasteiger partial charge in [0.05, 0.1) is 5.92 Å². The van der Waals surface area contributed by atoms with Crippen LogP contribution < -0.4 is 9.47 Å². The highest BCUT2D eigenvalue weighted by Gasteiger charge is 2.39. The Kier molecular flexibility index (Phi) is 8.86. The topological polar surface area (TPSA) is 35.5 Å². The van der Waals surface area contributed by atoms with Crippen LogP contribution in [0.3, 0.4) is 0 Å². The third kappa shape index (κ3) is 6.31.